The van der Waals surface area contributed by atoms with Crippen LogP contribution in [0.4, 0.5) is 10.5 Å². The van der Waals surface area contributed by atoms with Gasteiger partial charge in [-0.3, -0.25) is 4.98 Å². The molecule has 2 heterocycles. The van der Waals surface area contributed by atoms with Gasteiger partial charge in [0.25, 0.3) is 0 Å². The zero-order chi connectivity index (χ0) is 17.5. The van der Waals surface area contributed by atoms with E-state index < -0.39 is 0 Å². The van der Waals surface area contributed by atoms with Gasteiger partial charge in [-0.25, -0.2) is 4.79 Å². The summed E-state index contributed by atoms with van der Waals surface area (Å²) in [5, 5.41) is 2.95. The Balaban J connectivity index is 1.73. The lowest BCUT2D eigenvalue weighted by Crippen LogP contribution is -2.39. The van der Waals surface area contributed by atoms with Gasteiger partial charge in [0.05, 0.1) is 18.9 Å². The van der Waals surface area contributed by atoms with Crippen LogP contribution in [0.3, 0.4) is 0 Å². The van der Waals surface area contributed by atoms with Crippen molar-refractivity contribution >= 4 is 11.7 Å². The molecule has 1 aromatic carbocycles. The highest BCUT2D eigenvalue weighted by atomic mass is 16.5. The van der Waals surface area contributed by atoms with E-state index in [1.807, 2.05) is 36.4 Å². The lowest BCUT2D eigenvalue weighted by Gasteiger charge is -2.26. The minimum atomic E-state index is -0.170. The van der Waals surface area contributed by atoms with Crippen LogP contribution in [0.1, 0.15) is 18.4 Å². The Kier molecular flexibility index (Phi) is 5.85. The van der Waals surface area contributed by atoms with Gasteiger partial charge in [-0.15, -0.1) is 0 Å². The quantitative estimate of drug-likeness (QED) is 0.875. The largest absolute Gasteiger partial charge is 0.495 e. The number of aromatic nitrogens is 1. The van der Waals surface area contributed by atoms with Crippen molar-refractivity contribution < 1.29 is 14.3 Å². The van der Waals surface area contributed by atoms with Crippen LogP contribution in [0.5, 0.6) is 5.75 Å². The van der Waals surface area contributed by atoms with Crippen molar-refractivity contribution in [1.29, 1.82) is 0 Å². The molecule has 1 aliphatic rings. The number of pyridine rings is 1. The van der Waals surface area contributed by atoms with Crippen molar-refractivity contribution in [1.82, 2.24) is 9.88 Å². The van der Waals surface area contributed by atoms with Crippen LogP contribution < -0.4 is 10.1 Å². The Bertz CT molecular complexity index is 687. The second kappa shape index (κ2) is 8.48. The smallest absolute Gasteiger partial charge is 0.322 e. The molecule has 132 valence electrons. The van der Waals surface area contributed by atoms with Crippen LogP contribution >= 0.6 is 0 Å². The molecule has 2 amide bonds. The van der Waals surface area contributed by atoms with Crippen molar-refractivity contribution in [2.45, 2.75) is 25.5 Å². The second-order valence-electron chi connectivity index (χ2n) is 6.00. The molecule has 0 bridgehead atoms. The van der Waals surface area contributed by atoms with E-state index in [0.29, 0.717) is 24.5 Å². The van der Waals surface area contributed by atoms with Gasteiger partial charge in [-0.1, -0.05) is 12.1 Å². The van der Waals surface area contributed by atoms with Crippen LogP contribution in [0.15, 0.2) is 48.8 Å². The summed E-state index contributed by atoms with van der Waals surface area (Å²) in [5.41, 5.74) is 1.69. The summed E-state index contributed by atoms with van der Waals surface area (Å²) in [6.07, 6.45) is 5.58. The minimum absolute atomic E-state index is 0.0882. The number of nitrogens with one attached hydrogen (secondary N) is 1. The monoisotopic (exact) mass is 341 g/mol. The van der Waals surface area contributed by atoms with E-state index >= 15 is 0 Å². The van der Waals surface area contributed by atoms with Crippen molar-refractivity contribution in [3.05, 3.63) is 54.4 Å². The van der Waals surface area contributed by atoms with Gasteiger partial charge in [-0.05, 0) is 42.7 Å². The summed E-state index contributed by atoms with van der Waals surface area (Å²) in [7, 11) is 1.59. The lowest BCUT2D eigenvalue weighted by atomic mass is 10.2. The molecule has 25 heavy (non-hydrogen) atoms. The van der Waals surface area contributed by atoms with Crippen LogP contribution in [-0.4, -0.2) is 42.3 Å². The number of carbonyl (C=O) groups excluding carboxylic acids is 1. The van der Waals surface area contributed by atoms with E-state index in [1.54, 1.807) is 24.4 Å². The normalized spacial score (nSPS) is 16.4. The van der Waals surface area contributed by atoms with E-state index in [9.17, 15) is 4.79 Å². The van der Waals surface area contributed by atoms with E-state index in [-0.39, 0.29) is 12.1 Å². The summed E-state index contributed by atoms with van der Waals surface area (Å²) < 4.78 is 11.0. The number of benzene rings is 1. The fraction of sp³-hybridized carbons (Fsp3) is 0.368. The first-order valence-corrected chi connectivity index (χ1v) is 8.45. The Morgan fingerprint density at radius 1 is 1.32 bits per heavy atom. The standard InChI is InChI=1S/C19H23N3O3/c1-24-18-7-3-2-6-17(18)21-19(23)22(14-16-5-4-12-25-16)13-15-8-10-20-11-9-15/h2-3,6-11,16H,4-5,12-14H2,1H3,(H,21,23). The molecule has 1 aliphatic heterocycles. The first-order chi connectivity index (χ1) is 12.3. The highest BCUT2D eigenvalue weighted by Gasteiger charge is 2.23. The summed E-state index contributed by atoms with van der Waals surface area (Å²) in [4.78, 5) is 18.7. The number of para-hydroxylation sites is 2. The summed E-state index contributed by atoms with van der Waals surface area (Å²) in [5.74, 6) is 0.636. The number of hydrogen-bond acceptors (Lipinski definition) is 4. The SMILES string of the molecule is COc1ccccc1NC(=O)N(Cc1ccncc1)CC1CCCO1. The topological polar surface area (TPSA) is 63.7 Å². The first kappa shape index (κ1) is 17.2. The van der Waals surface area contributed by atoms with Crippen molar-refractivity contribution in [2.24, 2.45) is 0 Å². The highest BCUT2D eigenvalue weighted by Crippen LogP contribution is 2.24. The van der Waals surface area contributed by atoms with Gasteiger partial charge in [0.15, 0.2) is 0 Å². The number of amides is 2. The first-order valence-electron chi connectivity index (χ1n) is 8.45. The van der Waals surface area contributed by atoms with Gasteiger partial charge in [0.2, 0.25) is 0 Å². The zero-order valence-electron chi connectivity index (χ0n) is 14.4. The van der Waals surface area contributed by atoms with Gasteiger partial charge < -0.3 is 19.7 Å². The molecule has 0 spiro atoms. The predicted molar refractivity (Wildman–Crippen MR) is 95.6 cm³/mol. The Hall–Kier alpha value is -2.60. The lowest BCUT2D eigenvalue weighted by molar-refractivity contribution is 0.0819. The molecule has 6 nitrogen and oxygen atoms in total. The Labute approximate surface area is 147 Å². The fourth-order valence-electron chi connectivity index (χ4n) is 2.90. The Morgan fingerprint density at radius 2 is 2.12 bits per heavy atom. The number of hydrogen-bond donors (Lipinski definition) is 1. The average molecular weight is 341 g/mol. The van der Waals surface area contributed by atoms with Gasteiger partial charge in [0.1, 0.15) is 5.75 Å². The fourth-order valence-corrected chi connectivity index (χ4v) is 2.90. The highest BCUT2D eigenvalue weighted by molar-refractivity contribution is 5.91. The molecule has 1 unspecified atom stereocenters. The maximum atomic E-state index is 12.9. The van der Waals surface area contributed by atoms with Crippen molar-refractivity contribution in [3.8, 4) is 5.75 Å². The number of anilines is 1. The molecule has 2 aromatic rings. The zero-order valence-corrected chi connectivity index (χ0v) is 14.4. The van der Waals surface area contributed by atoms with Gasteiger partial charge in [-0.2, -0.15) is 0 Å². The molecule has 1 saturated heterocycles. The number of carbonyl (C=O) groups is 1. The third kappa shape index (κ3) is 4.70. The molecule has 0 saturated carbocycles. The van der Waals surface area contributed by atoms with E-state index in [0.717, 1.165) is 25.0 Å². The summed E-state index contributed by atoms with van der Waals surface area (Å²) >= 11 is 0. The molecule has 1 aromatic heterocycles. The van der Waals surface area contributed by atoms with E-state index in [1.165, 1.54) is 0 Å². The molecular weight excluding hydrogens is 318 g/mol. The molecule has 3 rings (SSSR count). The summed E-state index contributed by atoms with van der Waals surface area (Å²) in [6.45, 7) is 1.83. The molecule has 1 N–H and O–H groups in total. The third-order valence-electron chi connectivity index (χ3n) is 4.21. The van der Waals surface area contributed by atoms with Crippen LogP contribution in [0.2, 0.25) is 0 Å². The minimum Gasteiger partial charge on any atom is -0.495 e. The molecular formula is C19H23N3O3. The molecule has 1 fully saturated rings. The maximum absolute atomic E-state index is 12.9. The number of ether oxygens (including phenoxy) is 2. The van der Waals surface area contributed by atoms with Gasteiger partial charge in [0, 0.05) is 32.1 Å². The number of rotatable bonds is 6. The molecule has 0 radical (unpaired) electrons. The molecule has 6 heteroatoms. The van der Waals surface area contributed by atoms with Gasteiger partial charge >= 0.3 is 6.03 Å². The van der Waals surface area contributed by atoms with Crippen molar-refractivity contribution in [3.63, 3.8) is 0 Å². The van der Waals surface area contributed by atoms with Crippen LogP contribution in [0, 0.1) is 0 Å². The van der Waals surface area contributed by atoms with Crippen molar-refractivity contribution in [2.75, 3.05) is 25.6 Å². The molecule has 1 atom stereocenters. The molecule has 0 aliphatic carbocycles. The number of nitrogens with zero attached hydrogens (tertiary/aromatic N) is 2. The predicted octanol–water partition coefficient (Wildman–Crippen LogP) is 3.30. The maximum Gasteiger partial charge on any atom is 0.322 e. The number of methoxy groups -OCH3 is 1. The Morgan fingerprint density at radius 3 is 2.84 bits per heavy atom. The summed E-state index contributed by atoms with van der Waals surface area (Å²) in [6, 6.07) is 11.0. The second-order valence-corrected chi connectivity index (χ2v) is 6.00. The van der Waals surface area contributed by atoms with E-state index in [2.05, 4.69) is 10.3 Å². The third-order valence-corrected chi connectivity index (χ3v) is 4.21. The van der Waals surface area contributed by atoms with E-state index in [4.69, 9.17) is 9.47 Å². The average Bonchev–Trinajstić information content (AvgIpc) is 3.15. The van der Waals surface area contributed by atoms with Crippen LogP contribution in [-0.2, 0) is 11.3 Å². The number of urea groups is 1. The van der Waals surface area contributed by atoms with Crippen LogP contribution in [0.25, 0.3) is 0 Å².